The van der Waals surface area contributed by atoms with Gasteiger partial charge in [-0.15, -0.1) is 0 Å². The van der Waals surface area contributed by atoms with Crippen LogP contribution in [-0.2, 0) is 20.7 Å². The average Bonchev–Trinajstić information content (AvgIpc) is 2.38. The molecule has 0 heterocycles. The van der Waals surface area contributed by atoms with E-state index < -0.39 is 24.0 Å². The Kier molecular flexibility index (Phi) is 5.32. The molecule has 18 heavy (non-hydrogen) atoms. The molecule has 2 unspecified atom stereocenters. The Labute approximate surface area is 106 Å². The maximum Gasteiger partial charge on any atom is 0.328 e. The van der Waals surface area contributed by atoms with Crippen molar-refractivity contribution in [2.75, 3.05) is 7.11 Å². The summed E-state index contributed by atoms with van der Waals surface area (Å²) in [6.07, 6.45) is -0.972. The minimum absolute atomic E-state index is 0.209. The number of ether oxygens (including phenoxy) is 1. The number of carbonyl (C=O) groups is 2. The molecule has 1 amide bonds. The van der Waals surface area contributed by atoms with Gasteiger partial charge in [-0.05, 0) is 12.5 Å². The number of esters is 1. The van der Waals surface area contributed by atoms with Gasteiger partial charge in [-0.25, -0.2) is 4.79 Å². The number of hydrogen-bond acceptors (Lipinski definition) is 4. The van der Waals surface area contributed by atoms with Gasteiger partial charge < -0.3 is 15.2 Å². The standard InChI is InChI=1S/C13H17NO4/c1-9(13(17)18-2)14-12(16)11(15)8-10-6-4-3-5-7-10/h3-7,9,11,15H,8H2,1-2H3,(H,14,16). The fourth-order valence-electron chi connectivity index (χ4n) is 1.48. The van der Waals surface area contributed by atoms with Crippen molar-refractivity contribution in [3.8, 4) is 0 Å². The van der Waals surface area contributed by atoms with Crippen LogP contribution in [0.15, 0.2) is 30.3 Å². The first kappa shape index (κ1) is 14.2. The van der Waals surface area contributed by atoms with Gasteiger partial charge in [0.05, 0.1) is 7.11 Å². The molecule has 0 fully saturated rings. The molecule has 0 saturated carbocycles. The number of hydrogen-bond donors (Lipinski definition) is 2. The van der Waals surface area contributed by atoms with E-state index in [-0.39, 0.29) is 6.42 Å². The van der Waals surface area contributed by atoms with Crippen LogP contribution in [-0.4, -0.2) is 36.2 Å². The highest BCUT2D eigenvalue weighted by Gasteiger charge is 2.21. The van der Waals surface area contributed by atoms with Gasteiger partial charge in [-0.2, -0.15) is 0 Å². The summed E-state index contributed by atoms with van der Waals surface area (Å²) in [6.45, 7) is 1.50. The number of carbonyl (C=O) groups excluding carboxylic acids is 2. The summed E-state index contributed by atoms with van der Waals surface area (Å²) in [4.78, 5) is 22.7. The first-order valence-corrected chi connectivity index (χ1v) is 5.64. The normalized spacial score (nSPS) is 13.5. The second kappa shape index (κ2) is 6.76. The molecule has 0 saturated heterocycles. The van der Waals surface area contributed by atoms with Gasteiger partial charge in [0.15, 0.2) is 0 Å². The largest absolute Gasteiger partial charge is 0.467 e. The molecule has 1 aromatic rings. The van der Waals surface area contributed by atoms with Crippen LogP contribution in [0.1, 0.15) is 12.5 Å². The smallest absolute Gasteiger partial charge is 0.328 e. The summed E-state index contributed by atoms with van der Waals surface area (Å²) in [5.41, 5.74) is 0.853. The number of rotatable bonds is 5. The average molecular weight is 251 g/mol. The summed E-state index contributed by atoms with van der Waals surface area (Å²) >= 11 is 0. The number of methoxy groups -OCH3 is 1. The van der Waals surface area contributed by atoms with E-state index in [2.05, 4.69) is 10.1 Å². The third kappa shape index (κ3) is 4.18. The molecule has 0 spiro atoms. The summed E-state index contributed by atoms with van der Waals surface area (Å²) < 4.78 is 4.48. The molecular weight excluding hydrogens is 234 g/mol. The maximum atomic E-state index is 11.6. The highest BCUT2D eigenvalue weighted by atomic mass is 16.5. The van der Waals surface area contributed by atoms with Crippen LogP contribution in [0, 0.1) is 0 Å². The molecule has 1 rings (SSSR count). The van der Waals surface area contributed by atoms with Gasteiger partial charge in [0.2, 0.25) is 5.91 Å². The Morgan fingerprint density at radius 2 is 1.94 bits per heavy atom. The Morgan fingerprint density at radius 3 is 2.50 bits per heavy atom. The Morgan fingerprint density at radius 1 is 1.33 bits per heavy atom. The summed E-state index contributed by atoms with van der Waals surface area (Å²) in [5.74, 6) is -1.13. The number of amides is 1. The second-order valence-electron chi connectivity index (χ2n) is 3.96. The van der Waals surface area contributed by atoms with E-state index in [1.54, 1.807) is 0 Å². The van der Waals surface area contributed by atoms with Gasteiger partial charge >= 0.3 is 5.97 Å². The predicted molar refractivity (Wildman–Crippen MR) is 65.8 cm³/mol. The van der Waals surface area contributed by atoms with E-state index in [1.165, 1.54) is 14.0 Å². The minimum atomic E-state index is -1.18. The molecule has 5 nitrogen and oxygen atoms in total. The van der Waals surface area contributed by atoms with Crippen molar-refractivity contribution in [2.24, 2.45) is 0 Å². The highest BCUT2D eigenvalue weighted by molar-refractivity contribution is 5.86. The third-order valence-corrected chi connectivity index (χ3v) is 2.49. The van der Waals surface area contributed by atoms with Gasteiger partial charge in [0, 0.05) is 6.42 Å². The second-order valence-corrected chi connectivity index (χ2v) is 3.96. The molecule has 0 bridgehead atoms. The van der Waals surface area contributed by atoms with Crippen LogP contribution in [0.4, 0.5) is 0 Å². The van der Waals surface area contributed by atoms with E-state index >= 15 is 0 Å². The summed E-state index contributed by atoms with van der Waals surface area (Å²) in [5, 5.41) is 12.1. The highest BCUT2D eigenvalue weighted by Crippen LogP contribution is 2.03. The third-order valence-electron chi connectivity index (χ3n) is 2.49. The Bertz CT molecular complexity index is 405. The SMILES string of the molecule is COC(=O)C(C)NC(=O)C(O)Cc1ccccc1. The lowest BCUT2D eigenvalue weighted by Gasteiger charge is -2.15. The number of nitrogens with one attached hydrogen (secondary N) is 1. The van der Waals surface area contributed by atoms with Crippen LogP contribution in [0.5, 0.6) is 0 Å². The number of benzene rings is 1. The Balaban J connectivity index is 2.49. The van der Waals surface area contributed by atoms with Gasteiger partial charge in [0.25, 0.3) is 0 Å². The molecule has 2 N–H and O–H groups in total. The first-order chi connectivity index (χ1) is 8.54. The van der Waals surface area contributed by atoms with Crippen LogP contribution in [0.2, 0.25) is 0 Å². The molecule has 0 aliphatic heterocycles. The lowest BCUT2D eigenvalue weighted by atomic mass is 10.1. The van der Waals surface area contributed by atoms with E-state index in [0.717, 1.165) is 5.56 Å². The molecule has 0 aliphatic carbocycles. The monoisotopic (exact) mass is 251 g/mol. The minimum Gasteiger partial charge on any atom is -0.467 e. The van der Waals surface area contributed by atoms with Crippen LogP contribution in [0.25, 0.3) is 0 Å². The van der Waals surface area contributed by atoms with Crippen molar-refractivity contribution < 1.29 is 19.4 Å². The first-order valence-electron chi connectivity index (χ1n) is 5.64. The van der Waals surface area contributed by atoms with Crippen molar-refractivity contribution in [1.82, 2.24) is 5.32 Å². The topological polar surface area (TPSA) is 75.6 Å². The molecule has 0 radical (unpaired) electrons. The van der Waals surface area contributed by atoms with Crippen molar-refractivity contribution in [3.05, 3.63) is 35.9 Å². The zero-order chi connectivity index (χ0) is 13.5. The van der Waals surface area contributed by atoms with Crippen LogP contribution < -0.4 is 5.32 Å². The van der Waals surface area contributed by atoms with Crippen LogP contribution >= 0.6 is 0 Å². The zero-order valence-corrected chi connectivity index (χ0v) is 10.4. The van der Waals surface area contributed by atoms with E-state index in [0.29, 0.717) is 0 Å². The fourth-order valence-corrected chi connectivity index (χ4v) is 1.48. The van der Waals surface area contributed by atoms with E-state index in [4.69, 9.17) is 0 Å². The molecule has 2 atom stereocenters. The number of aliphatic hydroxyl groups excluding tert-OH is 1. The van der Waals surface area contributed by atoms with E-state index in [1.807, 2.05) is 30.3 Å². The molecule has 98 valence electrons. The van der Waals surface area contributed by atoms with Crippen molar-refractivity contribution in [3.63, 3.8) is 0 Å². The van der Waals surface area contributed by atoms with Crippen molar-refractivity contribution in [2.45, 2.75) is 25.5 Å². The zero-order valence-electron chi connectivity index (χ0n) is 10.4. The van der Waals surface area contributed by atoms with Crippen molar-refractivity contribution >= 4 is 11.9 Å². The quantitative estimate of drug-likeness (QED) is 0.736. The maximum absolute atomic E-state index is 11.6. The summed E-state index contributed by atoms with van der Waals surface area (Å²) in [7, 11) is 1.24. The van der Waals surface area contributed by atoms with Crippen LogP contribution in [0.3, 0.4) is 0 Å². The predicted octanol–water partition coefficient (Wildman–Crippen LogP) is 0.268. The molecular formula is C13H17NO4. The van der Waals surface area contributed by atoms with Gasteiger partial charge in [0.1, 0.15) is 12.1 Å². The lowest BCUT2D eigenvalue weighted by molar-refractivity contribution is -0.145. The number of aliphatic hydroxyl groups is 1. The Hall–Kier alpha value is -1.88. The molecule has 0 aromatic heterocycles. The molecule has 1 aromatic carbocycles. The van der Waals surface area contributed by atoms with Crippen molar-refractivity contribution in [1.29, 1.82) is 0 Å². The molecule has 0 aliphatic rings. The van der Waals surface area contributed by atoms with E-state index in [9.17, 15) is 14.7 Å². The lowest BCUT2D eigenvalue weighted by Crippen LogP contribution is -2.44. The molecule has 5 heteroatoms. The van der Waals surface area contributed by atoms with Gasteiger partial charge in [-0.3, -0.25) is 4.79 Å². The fraction of sp³-hybridized carbons (Fsp3) is 0.385. The van der Waals surface area contributed by atoms with Gasteiger partial charge in [-0.1, -0.05) is 30.3 Å². The summed E-state index contributed by atoms with van der Waals surface area (Å²) in [6, 6.07) is 8.39.